The third-order valence-corrected chi connectivity index (χ3v) is 3.55. The second-order valence-corrected chi connectivity index (χ2v) is 5.56. The highest BCUT2D eigenvalue weighted by molar-refractivity contribution is 6.03. The van der Waals surface area contributed by atoms with E-state index in [0.29, 0.717) is 36.4 Å². The first kappa shape index (κ1) is 15.5. The fourth-order valence-corrected chi connectivity index (χ4v) is 2.47. The minimum atomic E-state index is -0.501. The van der Waals surface area contributed by atoms with Crippen molar-refractivity contribution in [3.8, 4) is 5.75 Å². The number of rotatable bonds is 5. The predicted molar refractivity (Wildman–Crippen MR) is 81.8 cm³/mol. The second-order valence-electron chi connectivity index (χ2n) is 5.56. The van der Waals surface area contributed by atoms with Crippen LogP contribution in [0.4, 0.5) is 5.69 Å². The first-order chi connectivity index (χ1) is 9.95. The summed E-state index contributed by atoms with van der Waals surface area (Å²) >= 11 is 0. The molecular formula is C16H22N2O3. The average molecular weight is 290 g/mol. The molecule has 1 heterocycles. The fourth-order valence-electron chi connectivity index (χ4n) is 2.47. The summed E-state index contributed by atoms with van der Waals surface area (Å²) in [6.45, 7) is 6.13. The highest BCUT2D eigenvalue weighted by atomic mass is 16.5. The van der Waals surface area contributed by atoms with Gasteiger partial charge in [-0.05, 0) is 51.9 Å². The van der Waals surface area contributed by atoms with Crippen molar-refractivity contribution < 1.29 is 14.3 Å². The second kappa shape index (κ2) is 6.26. The smallest absolute Gasteiger partial charge is 0.268 e. The van der Waals surface area contributed by atoms with E-state index in [0.717, 1.165) is 0 Å². The zero-order valence-electron chi connectivity index (χ0n) is 12.8. The van der Waals surface area contributed by atoms with Crippen LogP contribution in [0.15, 0.2) is 18.2 Å². The third-order valence-electron chi connectivity index (χ3n) is 3.55. The highest BCUT2D eigenvalue weighted by Crippen LogP contribution is 2.36. The molecule has 0 spiro atoms. The van der Waals surface area contributed by atoms with E-state index in [-0.39, 0.29) is 17.7 Å². The molecular weight excluding hydrogens is 268 g/mol. The summed E-state index contributed by atoms with van der Waals surface area (Å²) < 4.78 is 5.62. The lowest BCUT2D eigenvalue weighted by atomic mass is 10.0. The molecule has 0 saturated heterocycles. The van der Waals surface area contributed by atoms with Crippen LogP contribution in [0.2, 0.25) is 0 Å². The van der Waals surface area contributed by atoms with Crippen molar-refractivity contribution in [2.45, 2.75) is 45.8 Å². The van der Waals surface area contributed by atoms with Gasteiger partial charge in [0.15, 0.2) is 11.9 Å². The Morgan fingerprint density at radius 1 is 1.43 bits per heavy atom. The van der Waals surface area contributed by atoms with Crippen LogP contribution < -0.4 is 15.4 Å². The Kier molecular flexibility index (Phi) is 4.63. The standard InChI is InChI=1S/C16H22N2O3/c1-10(2)18-13-9-12(14(19)5-4-8-17)6-7-15(13)21-11(3)16(18)20/h6-7,9-11H,4-5,8,17H2,1-3H3. The number of nitrogens with zero attached hydrogens (tertiary/aromatic N) is 1. The lowest BCUT2D eigenvalue weighted by Gasteiger charge is -2.35. The van der Waals surface area contributed by atoms with Gasteiger partial charge in [0.25, 0.3) is 5.91 Å². The van der Waals surface area contributed by atoms with Crippen molar-refractivity contribution in [2.24, 2.45) is 5.73 Å². The van der Waals surface area contributed by atoms with Gasteiger partial charge in [-0.25, -0.2) is 0 Å². The zero-order chi connectivity index (χ0) is 15.6. The van der Waals surface area contributed by atoms with Crippen LogP contribution >= 0.6 is 0 Å². The topological polar surface area (TPSA) is 72.6 Å². The van der Waals surface area contributed by atoms with E-state index in [2.05, 4.69) is 0 Å². The maximum atomic E-state index is 12.3. The molecule has 1 unspecified atom stereocenters. The lowest BCUT2D eigenvalue weighted by Crippen LogP contribution is -2.47. The van der Waals surface area contributed by atoms with Crippen molar-refractivity contribution in [2.75, 3.05) is 11.4 Å². The molecule has 0 fully saturated rings. The normalized spacial score (nSPS) is 17.7. The van der Waals surface area contributed by atoms with Crippen LogP contribution in [0.1, 0.15) is 44.0 Å². The van der Waals surface area contributed by atoms with Gasteiger partial charge >= 0.3 is 0 Å². The molecule has 0 bridgehead atoms. The summed E-state index contributed by atoms with van der Waals surface area (Å²) in [4.78, 5) is 26.1. The first-order valence-corrected chi connectivity index (χ1v) is 7.32. The number of carbonyl (C=O) groups excluding carboxylic acids is 2. The average Bonchev–Trinajstić information content (AvgIpc) is 2.45. The monoisotopic (exact) mass is 290 g/mol. The number of Topliss-reactive ketones (excluding diaryl/α,β-unsaturated/α-hetero) is 1. The van der Waals surface area contributed by atoms with Gasteiger partial charge in [-0.2, -0.15) is 0 Å². The van der Waals surface area contributed by atoms with Crippen LogP contribution in [0.3, 0.4) is 0 Å². The van der Waals surface area contributed by atoms with Gasteiger partial charge in [0.2, 0.25) is 0 Å². The largest absolute Gasteiger partial charge is 0.479 e. The van der Waals surface area contributed by atoms with Crippen molar-refractivity contribution >= 4 is 17.4 Å². The number of nitrogens with two attached hydrogens (primary N) is 1. The summed E-state index contributed by atoms with van der Waals surface area (Å²) in [5, 5.41) is 0. The Morgan fingerprint density at radius 2 is 2.14 bits per heavy atom. The molecule has 1 atom stereocenters. The van der Waals surface area contributed by atoms with Gasteiger partial charge in [-0.3, -0.25) is 9.59 Å². The number of benzene rings is 1. The van der Waals surface area contributed by atoms with Crippen molar-refractivity contribution in [3.05, 3.63) is 23.8 Å². The van der Waals surface area contributed by atoms with E-state index in [1.54, 1.807) is 30.0 Å². The minimum absolute atomic E-state index is 0.0111. The minimum Gasteiger partial charge on any atom is -0.479 e. The molecule has 1 amide bonds. The van der Waals surface area contributed by atoms with Gasteiger partial charge in [0, 0.05) is 18.0 Å². The van der Waals surface area contributed by atoms with Gasteiger partial charge in [0.1, 0.15) is 5.75 Å². The number of anilines is 1. The summed E-state index contributed by atoms with van der Waals surface area (Å²) in [6.07, 6.45) is 0.581. The third kappa shape index (κ3) is 3.08. The van der Waals surface area contributed by atoms with Crippen LogP contribution in [0.25, 0.3) is 0 Å². The molecule has 0 saturated carbocycles. The molecule has 5 nitrogen and oxygen atoms in total. The number of ketones is 1. The molecule has 1 aliphatic heterocycles. The first-order valence-electron chi connectivity index (χ1n) is 7.32. The van der Waals surface area contributed by atoms with E-state index in [1.807, 2.05) is 13.8 Å². The summed E-state index contributed by atoms with van der Waals surface area (Å²) in [5.74, 6) is 0.605. The molecule has 1 aromatic rings. The van der Waals surface area contributed by atoms with E-state index < -0.39 is 6.10 Å². The molecule has 0 aromatic heterocycles. The summed E-state index contributed by atoms with van der Waals surface area (Å²) in [7, 11) is 0. The van der Waals surface area contributed by atoms with E-state index in [9.17, 15) is 9.59 Å². The molecule has 0 aliphatic carbocycles. The maximum Gasteiger partial charge on any atom is 0.268 e. The Bertz CT molecular complexity index is 554. The van der Waals surface area contributed by atoms with Crippen molar-refractivity contribution in [3.63, 3.8) is 0 Å². The van der Waals surface area contributed by atoms with Crippen molar-refractivity contribution in [1.29, 1.82) is 0 Å². The van der Waals surface area contributed by atoms with Gasteiger partial charge in [-0.15, -0.1) is 0 Å². The van der Waals surface area contributed by atoms with E-state index in [4.69, 9.17) is 10.5 Å². The molecule has 2 N–H and O–H groups in total. The summed E-state index contributed by atoms with van der Waals surface area (Å²) in [6, 6.07) is 5.27. The Balaban J connectivity index is 2.37. The Labute approximate surface area is 125 Å². The molecule has 0 radical (unpaired) electrons. The van der Waals surface area contributed by atoms with Gasteiger partial charge in [0.05, 0.1) is 5.69 Å². The number of hydrogen-bond acceptors (Lipinski definition) is 4. The number of amides is 1. The quantitative estimate of drug-likeness (QED) is 0.843. The zero-order valence-corrected chi connectivity index (χ0v) is 12.8. The Hall–Kier alpha value is -1.88. The number of fused-ring (bicyclic) bond motifs is 1. The number of hydrogen-bond donors (Lipinski definition) is 1. The molecule has 5 heteroatoms. The van der Waals surface area contributed by atoms with Crippen LogP contribution in [0.5, 0.6) is 5.75 Å². The van der Waals surface area contributed by atoms with Crippen molar-refractivity contribution in [1.82, 2.24) is 0 Å². The van der Waals surface area contributed by atoms with Gasteiger partial charge in [-0.1, -0.05) is 0 Å². The fraction of sp³-hybridized carbons (Fsp3) is 0.500. The van der Waals surface area contributed by atoms with Gasteiger partial charge < -0.3 is 15.4 Å². The predicted octanol–water partition coefficient (Wildman–Crippen LogP) is 2.13. The number of ether oxygens (including phenoxy) is 1. The highest BCUT2D eigenvalue weighted by Gasteiger charge is 2.33. The maximum absolute atomic E-state index is 12.3. The van der Waals surface area contributed by atoms with E-state index in [1.165, 1.54) is 0 Å². The molecule has 21 heavy (non-hydrogen) atoms. The SMILES string of the molecule is CC1Oc2ccc(C(=O)CCCN)cc2N(C(C)C)C1=O. The molecule has 2 rings (SSSR count). The van der Waals surface area contributed by atoms with Crippen LogP contribution in [0, 0.1) is 0 Å². The summed E-state index contributed by atoms with van der Waals surface area (Å²) in [5.41, 5.74) is 6.70. The van der Waals surface area contributed by atoms with Crippen LogP contribution in [-0.4, -0.2) is 30.4 Å². The lowest BCUT2D eigenvalue weighted by molar-refractivity contribution is -0.125. The number of carbonyl (C=O) groups is 2. The molecule has 114 valence electrons. The Morgan fingerprint density at radius 3 is 2.76 bits per heavy atom. The van der Waals surface area contributed by atoms with Crippen LogP contribution in [-0.2, 0) is 4.79 Å². The molecule has 1 aromatic carbocycles. The van der Waals surface area contributed by atoms with E-state index >= 15 is 0 Å². The molecule has 1 aliphatic rings.